The highest BCUT2D eigenvalue weighted by atomic mass is 32.1. The number of carbonyl (C=O) groups is 1. The Labute approximate surface area is 182 Å². The molecule has 3 heterocycles. The van der Waals surface area contributed by atoms with E-state index in [1.165, 1.54) is 20.5 Å². The quantitative estimate of drug-likeness (QED) is 0.499. The molecule has 0 spiro atoms. The van der Waals surface area contributed by atoms with Crippen molar-refractivity contribution in [3.05, 3.63) is 91.9 Å². The summed E-state index contributed by atoms with van der Waals surface area (Å²) in [5.41, 5.74) is 3.15. The second-order valence-corrected chi connectivity index (χ2v) is 8.68. The van der Waals surface area contributed by atoms with E-state index in [0.29, 0.717) is 22.4 Å². The Balaban J connectivity index is 1.63. The van der Waals surface area contributed by atoms with E-state index in [0.717, 1.165) is 29.7 Å². The monoisotopic (exact) mass is 431 g/mol. The molecule has 1 aliphatic heterocycles. The van der Waals surface area contributed by atoms with Crippen molar-refractivity contribution < 1.29 is 4.79 Å². The predicted octanol–water partition coefficient (Wildman–Crippen LogP) is 3.50. The van der Waals surface area contributed by atoms with E-state index in [9.17, 15) is 14.4 Å². The third-order valence-corrected chi connectivity index (χ3v) is 6.61. The first-order valence-electron chi connectivity index (χ1n) is 10.2. The molecule has 6 nitrogen and oxygen atoms in total. The average molecular weight is 432 g/mol. The fraction of sp³-hybridized carbons (Fsp3) is 0.208. The number of para-hydroxylation sites is 1. The summed E-state index contributed by atoms with van der Waals surface area (Å²) < 4.78 is 3.06. The van der Waals surface area contributed by atoms with Gasteiger partial charge in [0.25, 0.3) is 5.56 Å². The number of hydrogen-bond acceptors (Lipinski definition) is 4. The van der Waals surface area contributed by atoms with E-state index in [1.54, 1.807) is 28.5 Å². The van der Waals surface area contributed by atoms with E-state index in [1.807, 2.05) is 43.3 Å². The summed E-state index contributed by atoms with van der Waals surface area (Å²) in [6, 6.07) is 16.9. The van der Waals surface area contributed by atoms with Gasteiger partial charge in [0.2, 0.25) is 5.91 Å². The van der Waals surface area contributed by atoms with Gasteiger partial charge in [0, 0.05) is 12.2 Å². The fourth-order valence-corrected chi connectivity index (χ4v) is 5.07. The van der Waals surface area contributed by atoms with E-state index >= 15 is 0 Å². The van der Waals surface area contributed by atoms with Crippen LogP contribution in [0.15, 0.2) is 69.6 Å². The number of amides is 1. The lowest BCUT2D eigenvalue weighted by atomic mass is 10.0. The first-order chi connectivity index (χ1) is 15.0. The van der Waals surface area contributed by atoms with Gasteiger partial charge in [0.1, 0.15) is 11.2 Å². The molecule has 1 amide bonds. The maximum absolute atomic E-state index is 13.4. The third kappa shape index (κ3) is 3.31. The Morgan fingerprint density at radius 1 is 1.06 bits per heavy atom. The number of hydrogen-bond donors (Lipinski definition) is 0. The van der Waals surface area contributed by atoms with Crippen molar-refractivity contribution in [2.45, 2.75) is 26.3 Å². The lowest BCUT2D eigenvalue weighted by molar-refractivity contribution is -0.119. The molecule has 2 aromatic carbocycles. The zero-order valence-corrected chi connectivity index (χ0v) is 17.9. The molecule has 4 aromatic rings. The van der Waals surface area contributed by atoms with Gasteiger partial charge in [-0.05, 0) is 60.5 Å². The standard InChI is InChI=1S/C24H21N3O3S/c1-16-6-4-9-18(14-16)27-23(29)22-20(11-13-31-22)26(24(27)30)15-21(28)25-12-5-8-17-7-2-3-10-19(17)25/h2-4,6-7,9-11,13-14H,5,8,12,15H2,1H3. The zero-order valence-electron chi connectivity index (χ0n) is 17.1. The minimum absolute atomic E-state index is 0.119. The topological polar surface area (TPSA) is 64.3 Å². The van der Waals surface area contributed by atoms with Crippen LogP contribution in [-0.2, 0) is 17.8 Å². The minimum atomic E-state index is -0.500. The molecule has 0 saturated carbocycles. The summed E-state index contributed by atoms with van der Waals surface area (Å²) in [7, 11) is 0. The third-order valence-electron chi connectivity index (χ3n) is 5.72. The Morgan fingerprint density at radius 3 is 2.74 bits per heavy atom. The molecule has 0 fully saturated rings. The smallest absolute Gasteiger partial charge is 0.311 e. The number of thiophene rings is 1. The van der Waals surface area contributed by atoms with Gasteiger partial charge in [-0.25, -0.2) is 9.36 Å². The first kappa shape index (κ1) is 19.5. The van der Waals surface area contributed by atoms with Gasteiger partial charge < -0.3 is 4.90 Å². The highest BCUT2D eigenvalue weighted by Gasteiger charge is 2.24. The number of rotatable bonds is 3. The summed E-state index contributed by atoms with van der Waals surface area (Å²) >= 11 is 1.28. The van der Waals surface area contributed by atoms with Gasteiger partial charge in [-0.15, -0.1) is 11.3 Å². The first-order valence-corrected chi connectivity index (χ1v) is 11.1. The number of benzene rings is 2. The largest absolute Gasteiger partial charge is 0.336 e. The molecule has 2 aromatic heterocycles. The van der Waals surface area contributed by atoms with Crippen LogP contribution in [-0.4, -0.2) is 21.6 Å². The number of nitrogens with zero attached hydrogens (tertiary/aromatic N) is 3. The number of carbonyl (C=O) groups excluding carboxylic acids is 1. The number of aryl methyl sites for hydroxylation is 2. The van der Waals surface area contributed by atoms with Crippen molar-refractivity contribution in [1.82, 2.24) is 9.13 Å². The number of anilines is 1. The van der Waals surface area contributed by atoms with Crippen molar-refractivity contribution in [1.29, 1.82) is 0 Å². The molecule has 0 bridgehead atoms. The summed E-state index contributed by atoms with van der Waals surface area (Å²) in [6.07, 6.45) is 1.82. The van der Waals surface area contributed by atoms with Crippen molar-refractivity contribution in [3.63, 3.8) is 0 Å². The van der Waals surface area contributed by atoms with Crippen molar-refractivity contribution >= 4 is 33.1 Å². The van der Waals surface area contributed by atoms with Gasteiger partial charge >= 0.3 is 5.69 Å². The predicted molar refractivity (Wildman–Crippen MR) is 124 cm³/mol. The van der Waals surface area contributed by atoms with Gasteiger partial charge in [0.05, 0.1) is 11.2 Å². The molecule has 0 N–H and O–H groups in total. The van der Waals surface area contributed by atoms with E-state index in [-0.39, 0.29) is 18.0 Å². The van der Waals surface area contributed by atoms with Crippen LogP contribution in [0.1, 0.15) is 17.5 Å². The van der Waals surface area contributed by atoms with Crippen molar-refractivity contribution in [2.24, 2.45) is 0 Å². The average Bonchev–Trinajstić information content (AvgIpc) is 3.26. The van der Waals surface area contributed by atoms with Gasteiger partial charge in [0.15, 0.2) is 0 Å². The van der Waals surface area contributed by atoms with E-state index in [4.69, 9.17) is 0 Å². The van der Waals surface area contributed by atoms with Crippen molar-refractivity contribution in [3.8, 4) is 5.69 Å². The molecule has 0 saturated heterocycles. The van der Waals surface area contributed by atoms with Gasteiger partial charge in [-0.1, -0.05) is 30.3 Å². The second kappa shape index (κ2) is 7.67. The maximum atomic E-state index is 13.4. The molecule has 1 aliphatic rings. The minimum Gasteiger partial charge on any atom is -0.311 e. The Morgan fingerprint density at radius 2 is 1.90 bits per heavy atom. The molecule has 5 rings (SSSR count). The van der Waals surface area contributed by atoms with Crippen LogP contribution in [0.2, 0.25) is 0 Å². The van der Waals surface area contributed by atoms with Crippen molar-refractivity contribution in [2.75, 3.05) is 11.4 Å². The van der Waals surface area contributed by atoms with Gasteiger partial charge in [-0.3, -0.25) is 14.2 Å². The van der Waals surface area contributed by atoms with Crippen LogP contribution in [0.5, 0.6) is 0 Å². The molecule has 0 atom stereocenters. The van der Waals surface area contributed by atoms with Crippen LogP contribution in [0.3, 0.4) is 0 Å². The highest BCUT2D eigenvalue weighted by molar-refractivity contribution is 7.17. The molecule has 0 radical (unpaired) electrons. The highest BCUT2D eigenvalue weighted by Crippen LogP contribution is 2.27. The molecule has 7 heteroatoms. The van der Waals surface area contributed by atoms with Crippen LogP contribution in [0, 0.1) is 6.92 Å². The van der Waals surface area contributed by atoms with Crippen LogP contribution in [0.4, 0.5) is 5.69 Å². The molecular weight excluding hydrogens is 410 g/mol. The maximum Gasteiger partial charge on any atom is 0.336 e. The van der Waals surface area contributed by atoms with Gasteiger partial charge in [-0.2, -0.15) is 0 Å². The lowest BCUT2D eigenvalue weighted by Crippen LogP contribution is -2.43. The van der Waals surface area contributed by atoms with Crippen LogP contribution >= 0.6 is 11.3 Å². The molecule has 31 heavy (non-hydrogen) atoms. The molecular formula is C24H21N3O3S. The normalized spacial score (nSPS) is 13.4. The summed E-state index contributed by atoms with van der Waals surface area (Å²) in [5, 5.41) is 1.78. The SMILES string of the molecule is Cc1cccc(-n2c(=O)c3sccc3n(CC(=O)N3CCCc4ccccc43)c2=O)c1. The lowest BCUT2D eigenvalue weighted by Gasteiger charge is -2.29. The Bertz CT molecular complexity index is 1430. The summed E-state index contributed by atoms with van der Waals surface area (Å²) in [6.45, 7) is 2.41. The van der Waals surface area contributed by atoms with E-state index in [2.05, 4.69) is 0 Å². The Hall–Kier alpha value is -3.45. The van der Waals surface area contributed by atoms with Crippen LogP contribution in [0.25, 0.3) is 15.9 Å². The summed E-state index contributed by atoms with van der Waals surface area (Å²) in [5.74, 6) is -0.156. The van der Waals surface area contributed by atoms with Crippen LogP contribution < -0.4 is 16.1 Å². The molecule has 0 aliphatic carbocycles. The summed E-state index contributed by atoms with van der Waals surface area (Å²) in [4.78, 5) is 41.6. The molecule has 156 valence electrons. The van der Waals surface area contributed by atoms with E-state index < -0.39 is 5.69 Å². The molecule has 0 unspecified atom stereocenters. The fourth-order valence-electron chi connectivity index (χ4n) is 4.25. The zero-order chi connectivity index (χ0) is 21.5. The number of aromatic nitrogens is 2. The second-order valence-electron chi connectivity index (χ2n) is 7.76. The number of fused-ring (bicyclic) bond motifs is 2. The Kier molecular flexibility index (Phi) is 4.82.